The maximum absolute atomic E-state index is 12.8. The molecule has 1 amide bonds. The first kappa shape index (κ1) is 29.7. The smallest absolute Gasteiger partial charge is 0.261 e. The second kappa shape index (κ2) is 12.1. The zero-order chi connectivity index (χ0) is 29.1. The Morgan fingerprint density at radius 3 is 1.90 bits per heavy atom. The molecule has 0 aliphatic carbocycles. The lowest BCUT2D eigenvalue weighted by atomic mass is 10.1. The van der Waals surface area contributed by atoms with E-state index >= 15 is 0 Å². The van der Waals surface area contributed by atoms with Crippen molar-refractivity contribution < 1.29 is 21.6 Å². The van der Waals surface area contributed by atoms with E-state index in [0.717, 1.165) is 10.6 Å². The molecule has 4 rings (SSSR count). The summed E-state index contributed by atoms with van der Waals surface area (Å²) in [6, 6.07) is 22.9. The Hall–Kier alpha value is -3.28. The van der Waals surface area contributed by atoms with E-state index in [9.17, 15) is 21.6 Å². The molecule has 4 aromatic carbocycles. The van der Waals surface area contributed by atoms with Crippen molar-refractivity contribution in [3.05, 3.63) is 117 Å². The number of halogens is 3. The molecule has 4 aromatic rings. The number of carbonyl (C=O) groups excluding carboxylic acids is 1. The Kier molecular flexibility index (Phi) is 8.96. The molecule has 0 aliphatic heterocycles. The molecule has 0 aromatic heterocycles. The molecular weight excluding hydrogens is 617 g/mol. The van der Waals surface area contributed by atoms with E-state index in [-0.39, 0.29) is 27.7 Å². The van der Waals surface area contributed by atoms with Crippen molar-refractivity contribution >= 4 is 77.8 Å². The van der Waals surface area contributed by atoms with E-state index in [4.69, 9.17) is 34.8 Å². The predicted octanol–water partition coefficient (Wildman–Crippen LogP) is 6.67. The van der Waals surface area contributed by atoms with Gasteiger partial charge in [0, 0.05) is 26.9 Å². The lowest BCUT2D eigenvalue weighted by Crippen LogP contribution is -2.29. The van der Waals surface area contributed by atoms with E-state index < -0.39 is 26.0 Å². The summed E-state index contributed by atoms with van der Waals surface area (Å²) in [5.41, 5.74) is 1.62. The van der Waals surface area contributed by atoms with Gasteiger partial charge in [0.2, 0.25) is 10.0 Å². The Labute approximate surface area is 247 Å². The van der Waals surface area contributed by atoms with Crippen LogP contribution in [0.15, 0.2) is 95.9 Å². The number of hydrogen-bond acceptors (Lipinski definition) is 5. The first-order valence-corrected chi connectivity index (χ1v) is 16.0. The SMILES string of the molecule is CS(=O)(=O)N(Cc1c(Cl)cccc1Cl)c1ccc(C(=O)Nc2ccc(S(=O)(=O)Nc3ccccc3Cl)cc2)cc1. The van der Waals surface area contributed by atoms with Crippen LogP contribution in [0.4, 0.5) is 17.1 Å². The highest BCUT2D eigenvalue weighted by atomic mass is 35.5. The van der Waals surface area contributed by atoms with Gasteiger partial charge >= 0.3 is 0 Å². The van der Waals surface area contributed by atoms with Gasteiger partial charge in [0.1, 0.15) is 0 Å². The van der Waals surface area contributed by atoms with Crippen LogP contribution in [-0.2, 0) is 26.6 Å². The molecule has 0 spiro atoms. The fourth-order valence-electron chi connectivity index (χ4n) is 3.67. The van der Waals surface area contributed by atoms with Crippen molar-refractivity contribution in [2.75, 3.05) is 20.6 Å². The maximum atomic E-state index is 12.8. The van der Waals surface area contributed by atoms with Crippen molar-refractivity contribution in [1.82, 2.24) is 0 Å². The second-order valence-corrected chi connectivity index (χ2v) is 13.4. The minimum atomic E-state index is -3.90. The normalized spacial score (nSPS) is 11.6. The molecule has 0 saturated heterocycles. The van der Waals surface area contributed by atoms with Crippen molar-refractivity contribution in [2.45, 2.75) is 11.4 Å². The number of anilines is 3. The molecule has 0 aliphatic rings. The van der Waals surface area contributed by atoms with Crippen LogP contribution in [0.1, 0.15) is 15.9 Å². The molecule has 0 fully saturated rings. The number of rotatable bonds is 9. The topological polar surface area (TPSA) is 113 Å². The summed E-state index contributed by atoms with van der Waals surface area (Å²) in [7, 11) is -7.62. The van der Waals surface area contributed by atoms with Gasteiger partial charge in [-0.25, -0.2) is 16.8 Å². The van der Waals surface area contributed by atoms with Gasteiger partial charge in [0.05, 0.1) is 34.1 Å². The van der Waals surface area contributed by atoms with Gasteiger partial charge in [-0.3, -0.25) is 13.8 Å². The summed E-state index contributed by atoms with van der Waals surface area (Å²) in [5.74, 6) is -0.476. The number of nitrogens with one attached hydrogen (secondary N) is 2. The van der Waals surface area contributed by atoms with Crippen LogP contribution >= 0.6 is 34.8 Å². The molecule has 0 bridgehead atoms. The molecule has 8 nitrogen and oxygen atoms in total. The Morgan fingerprint density at radius 2 is 1.32 bits per heavy atom. The molecule has 40 heavy (non-hydrogen) atoms. The summed E-state index contributed by atoms with van der Waals surface area (Å²) in [6.07, 6.45) is 1.06. The van der Waals surface area contributed by atoms with Crippen molar-refractivity contribution in [3.8, 4) is 0 Å². The lowest BCUT2D eigenvalue weighted by Gasteiger charge is -2.23. The average molecular weight is 639 g/mol. The van der Waals surface area contributed by atoms with Gasteiger partial charge in [0.25, 0.3) is 15.9 Å². The lowest BCUT2D eigenvalue weighted by molar-refractivity contribution is 0.102. The zero-order valence-corrected chi connectivity index (χ0v) is 24.7. The van der Waals surface area contributed by atoms with E-state index in [1.807, 2.05) is 0 Å². The first-order valence-electron chi connectivity index (χ1n) is 11.5. The summed E-state index contributed by atoms with van der Waals surface area (Å²) in [5, 5.41) is 3.60. The maximum Gasteiger partial charge on any atom is 0.261 e. The van der Waals surface area contributed by atoms with Crippen LogP contribution in [-0.4, -0.2) is 29.0 Å². The van der Waals surface area contributed by atoms with Gasteiger partial charge in [-0.05, 0) is 72.8 Å². The minimum Gasteiger partial charge on any atom is -0.322 e. The molecule has 0 atom stereocenters. The third-order valence-corrected chi connectivity index (χ3v) is 9.28. The van der Waals surface area contributed by atoms with Gasteiger partial charge < -0.3 is 5.32 Å². The van der Waals surface area contributed by atoms with Crippen LogP contribution in [0.25, 0.3) is 0 Å². The highest BCUT2D eigenvalue weighted by Gasteiger charge is 2.21. The standard InChI is InChI=1S/C27H22Cl3N3O5S2/c1-39(35,36)33(17-22-23(28)6-4-7-24(22)29)20-13-9-18(10-14-20)27(34)31-19-11-15-21(16-12-19)40(37,38)32-26-8-3-2-5-25(26)30/h2-16,32H,17H2,1H3,(H,31,34). The minimum absolute atomic E-state index is 0.0192. The van der Waals surface area contributed by atoms with Crippen molar-refractivity contribution in [3.63, 3.8) is 0 Å². The number of carbonyl (C=O) groups is 1. The fourth-order valence-corrected chi connectivity index (χ4v) is 6.38. The first-order chi connectivity index (χ1) is 18.8. The summed E-state index contributed by atoms with van der Waals surface area (Å²) in [4.78, 5) is 12.8. The molecule has 0 radical (unpaired) electrons. The molecule has 208 valence electrons. The van der Waals surface area contributed by atoms with Gasteiger partial charge in [0.15, 0.2) is 0 Å². The Bertz CT molecular complexity index is 1740. The highest BCUT2D eigenvalue weighted by molar-refractivity contribution is 7.92. The van der Waals surface area contributed by atoms with E-state index in [0.29, 0.717) is 27.0 Å². The van der Waals surface area contributed by atoms with Crippen molar-refractivity contribution in [1.29, 1.82) is 0 Å². The van der Waals surface area contributed by atoms with Crippen LogP contribution in [0.5, 0.6) is 0 Å². The van der Waals surface area contributed by atoms with Gasteiger partial charge in [-0.2, -0.15) is 0 Å². The third-order valence-electron chi connectivity index (χ3n) is 5.72. The van der Waals surface area contributed by atoms with Gasteiger partial charge in [-0.15, -0.1) is 0 Å². The number of sulfonamides is 2. The van der Waals surface area contributed by atoms with Gasteiger partial charge in [-0.1, -0.05) is 53.0 Å². The molecule has 0 saturated carbocycles. The molecule has 2 N–H and O–H groups in total. The average Bonchev–Trinajstić information content (AvgIpc) is 2.89. The molecule has 0 unspecified atom stereocenters. The predicted molar refractivity (Wildman–Crippen MR) is 161 cm³/mol. The highest BCUT2D eigenvalue weighted by Crippen LogP contribution is 2.30. The number of benzene rings is 4. The monoisotopic (exact) mass is 637 g/mol. The number of para-hydroxylation sites is 1. The number of amides is 1. The second-order valence-electron chi connectivity index (χ2n) is 8.58. The summed E-state index contributed by atoms with van der Waals surface area (Å²) in [6.45, 7) is -0.0938. The quantitative estimate of drug-likeness (QED) is 0.213. The fraction of sp³-hybridized carbons (Fsp3) is 0.0741. The largest absolute Gasteiger partial charge is 0.322 e. The summed E-state index contributed by atoms with van der Waals surface area (Å²) >= 11 is 18.5. The number of nitrogens with zero attached hydrogens (tertiary/aromatic N) is 1. The van der Waals surface area contributed by atoms with Crippen molar-refractivity contribution in [2.24, 2.45) is 0 Å². The van der Waals surface area contributed by atoms with E-state index in [1.165, 1.54) is 48.5 Å². The van der Waals surface area contributed by atoms with Crippen LogP contribution in [0.2, 0.25) is 15.1 Å². The molecule has 13 heteroatoms. The summed E-state index contributed by atoms with van der Waals surface area (Å²) < 4.78 is 54.0. The molecular formula is C27H22Cl3N3O5S2. The zero-order valence-electron chi connectivity index (χ0n) is 20.8. The van der Waals surface area contributed by atoms with Crippen LogP contribution in [0.3, 0.4) is 0 Å². The van der Waals surface area contributed by atoms with E-state index in [2.05, 4.69) is 10.0 Å². The molecule has 0 heterocycles. The Morgan fingerprint density at radius 1 is 0.750 bits per heavy atom. The third kappa shape index (κ3) is 7.07. The van der Waals surface area contributed by atoms with E-state index in [1.54, 1.807) is 42.5 Å². The number of hydrogen-bond donors (Lipinski definition) is 2. The van der Waals surface area contributed by atoms with Crippen LogP contribution in [0, 0.1) is 0 Å². The van der Waals surface area contributed by atoms with Crippen LogP contribution < -0.4 is 14.3 Å². The Balaban J connectivity index is 1.47.